The molecule has 2 heterocycles. The van der Waals surface area contributed by atoms with Crippen molar-refractivity contribution in [2.75, 3.05) is 27.9 Å². The Kier molecular flexibility index (Phi) is 3.90. The van der Waals surface area contributed by atoms with Crippen LogP contribution in [-0.4, -0.2) is 38.8 Å². The summed E-state index contributed by atoms with van der Waals surface area (Å²) in [6.07, 6.45) is 3.74. The molecule has 2 aliphatic heterocycles. The zero-order chi connectivity index (χ0) is 18.5. The molecule has 5 rings (SSSR count). The van der Waals surface area contributed by atoms with Crippen molar-refractivity contribution in [2.45, 2.75) is 31.8 Å². The van der Waals surface area contributed by atoms with Gasteiger partial charge < -0.3 is 14.2 Å². The van der Waals surface area contributed by atoms with Crippen LogP contribution in [0.3, 0.4) is 0 Å². The van der Waals surface area contributed by atoms with Crippen molar-refractivity contribution < 1.29 is 14.2 Å². The Hall–Kier alpha value is -2.46. The summed E-state index contributed by atoms with van der Waals surface area (Å²) in [5, 5.41) is 5.05. The summed E-state index contributed by atoms with van der Waals surface area (Å²) in [6.45, 7) is 2.23. The standard InChI is InChI=1S/C23H25NO3/c1-25-15-6-7-16-17-9-14-5-4-8-24(14)13-21(17)20-12-23(27-3)22(26-2)11-19(20)18(16)10-15/h6-7,10-12,14H,4-5,8-9,13H2,1-3H3/t14-/m0/s1. The molecule has 0 bridgehead atoms. The van der Waals surface area contributed by atoms with E-state index in [0.29, 0.717) is 6.04 Å². The predicted molar refractivity (Wildman–Crippen MR) is 108 cm³/mol. The molecule has 3 aromatic carbocycles. The highest BCUT2D eigenvalue weighted by Crippen LogP contribution is 2.44. The van der Waals surface area contributed by atoms with Crippen molar-refractivity contribution in [1.29, 1.82) is 0 Å². The zero-order valence-electron chi connectivity index (χ0n) is 16.2. The third-order valence-electron chi connectivity index (χ3n) is 6.36. The minimum atomic E-state index is 0.681. The van der Waals surface area contributed by atoms with Crippen molar-refractivity contribution in [3.8, 4) is 17.2 Å². The summed E-state index contributed by atoms with van der Waals surface area (Å²) in [5.41, 5.74) is 2.94. The lowest BCUT2D eigenvalue weighted by atomic mass is 9.85. The minimum Gasteiger partial charge on any atom is -0.497 e. The first-order valence-electron chi connectivity index (χ1n) is 9.64. The van der Waals surface area contributed by atoms with Crippen molar-refractivity contribution in [2.24, 2.45) is 0 Å². The number of fused-ring (bicyclic) bond motifs is 7. The van der Waals surface area contributed by atoms with Gasteiger partial charge in [-0.25, -0.2) is 0 Å². The first kappa shape index (κ1) is 16.7. The van der Waals surface area contributed by atoms with Crippen molar-refractivity contribution in [1.82, 2.24) is 4.90 Å². The molecule has 27 heavy (non-hydrogen) atoms. The maximum Gasteiger partial charge on any atom is 0.161 e. The highest BCUT2D eigenvalue weighted by Gasteiger charge is 2.32. The fraction of sp³-hybridized carbons (Fsp3) is 0.391. The van der Waals surface area contributed by atoms with E-state index < -0.39 is 0 Å². The second-order valence-electron chi connectivity index (χ2n) is 7.59. The van der Waals surface area contributed by atoms with E-state index in [1.54, 1.807) is 21.3 Å². The summed E-state index contributed by atoms with van der Waals surface area (Å²) in [6, 6.07) is 11.4. The van der Waals surface area contributed by atoms with Crippen LogP contribution in [0.15, 0.2) is 30.3 Å². The summed E-state index contributed by atoms with van der Waals surface area (Å²) < 4.78 is 16.7. The van der Waals surface area contributed by atoms with Crippen LogP contribution >= 0.6 is 0 Å². The third-order valence-corrected chi connectivity index (χ3v) is 6.36. The lowest BCUT2D eigenvalue weighted by Gasteiger charge is -2.33. The molecule has 140 valence electrons. The number of hydrogen-bond donors (Lipinski definition) is 0. The number of methoxy groups -OCH3 is 3. The van der Waals surface area contributed by atoms with E-state index in [0.717, 1.165) is 30.2 Å². The molecule has 0 amide bonds. The molecule has 4 heteroatoms. The summed E-state index contributed by atoms with van der Waals surface area (Å²) in [7, 11) is 5.12. The van der Waals surface area contributed by atoms with Crippen LogP contribution in [0.2, 0.25) is 0 Å². The van der Waals surface area contributed by atoms with Gasteiger partial charge in [-0.3, -0.25) is 4.90 Å². The molecule has 0 aromatic heterocycles. The third kappa shape index (κ3) is 2.47. The Bertz CT molecular complexity index is 1040. The van der Waals surface area contributed by atoms with Crippen LogP contribution < -0.4 is 14.2 Å². The molecule has 0 spiro atoms. The molecular weight excluding hydrogens is 338 g/mol. The van der Waals surface area contributed by atoms with Gasteiger partial charge in [-0.05, 0) is 82.7 Å². The normalized spacial score (nSPS) is 19.1. The van der Waals surface area contributed by atoms with Crippen LogP contribution in [0, 0.1) is 0 Å². The van der Waals surface area contributed by atoms with Crippen LogP contribution in [0.4, 0.5) is 0 Å². The molecule has 4 nitrogen and oxygen atoms in total. The Labute approximate surface area is 159 Å². The maximum absolute atomic E-state index is 5.62. The molecule has 2 aliphatic rings. The summed E-state index contributed by atoms with van der Waals surface area (Å²) in [4.78, 5) is 2.65. The molecule has 0 aliphatic carbocycles. The Balaban J connectivity index is 1.88. The molecule has 0 unspecified atom stereocenters. The van der Waals surface area contributed by atoms with E-state index in [2.05, 4.69) is 35.2 Å². The van der Waals surface area contributed by atoms with Gasteiger partial charge in [0.1, 0.15) is 5.75 Å². The quantitative estimate of drug-likeness (QED) is 0.639. The largest absolute Gasteiger partial charge is 0.497 e. The molecule has 0 saturated carbocycles. The van der Waals surface area contributed by atoms with E-state index in [1.165, 1.54) is 52.1 Å². The predicted octanol–water partition coefficient (Wildman–Crippen LogP) is 4.54. The molecule has 0 radical (unpaired) electrons. The highest BCUT2D eigenvalue weighted by molar-refractivity contribution is 6.12. The van der Waals surface area contributed by atoms with Crippen molar-refractivity contribution >= 4 is 21.5 Å². The monoisotopic (exact) mass is 363 g/mol. The van der Waals surface area contributed by atoms with E-state index in [9.17, 15) is 0 Å². The van der Waals surface area contributed by atoms with Crippen LogP contribution in [-0.2, 0) is 13.0 Å². The minimum absolute atomic E-state index is 0.681. The Morgan fingerprint density at radius 3 is 2.30 bits per heavy atom. The second kappa shape index (κ2) is 6.31. The first-order valence-corrected chi connectivity index (χ1v) is 9.64. The molecule has 1 fully saturated rings. The van der Waals surface area contributed by atoms with Gasteiger partial charge in [0.25, 0.3) is 0 Å². The number of hydrogen-bond acceptors (Lipinski definition) is 4. The van der Waals surface area contributed by atoms with Gasteiger partial charge in [0.2, 0.25) is 0 Å². The van der Waals surface area contributed by atoms with Gasteiger partial charge in [0, 0.05) is 12.6 Å². The van der Waals surface area contributed by atoms with Gasteiger partial charge in [-0.1, -0.05) is 6.07 Å². The average Bonchev–Trinajstić information content (AvgIpc) is 3.18. The van der Waals surface area contributed by atoms with Gasteiger partial charge in [0.05, 0.1) is 21.3 Å². The van der Waals surface area contributed by atoms with Crippen LogP contribution in [0.1, 0.15) is 24.0 Å². The smallest absolute Gasteiger partial charge is 0.161 e. The number of benzene rings is 3. The van der Waals surface area contributed by atoms with E-state index in [4.69, 9.17) is 14.2 Å². The summed E-state index contributed by atoms with van der Waals surface area (Å²) >= 11 is 0. The first-order chi connectivity index (χ1) is 13.2. The van der Waals surface area contributed by atoms with Crippen molar-refractivity contribution in [3.63, 3.8) is 0 Å². The Morgan fingerprint density at radius 2 is 1.56 bits per heavy atom. The fourth-order valence-electron chi connectivity index (χ4n) is 5.00. The van der Waals surface area contributed by atoms with E-state index in [1.807, 2.05) is 0 Å². The maximum atomic E-state index is 5.62. The van der Waals surface area contributed by atoms with Gasteiger partial charge in [-0.2, -0.15) is 0 Å². The van der Waals surface area contributed by atoms with E-state index >= 15 is 0 Å². The number of rotatable bonds is 3. The lowest BCUT2D eigenvalue weighted by molar-refractivity contribution is 0.229. The number of nitrogens with zero attached hydrogens (tertiary/aromatic N) is 1. The molecule has 1 atom stereocenters. The average molecular weight is 363 g/mol. The van der Waals surface area contributed by atoms with Gasteiger partial charge >= 0.3 is 0 Å². The second-order valence-corrected chi connectivity index (χ2v) is 7.59. The molecular formula is C23H25NO3. The van der Waals surface area contributed by atoms with Crippen LogP contribution in [0.25, 0.3) is 21.5 Å². The topological polar surface area (TPSA) is 30.9 Å². The highest BCUT2D eigenvalue weighted by atomic mass is 16.5. The Morgan fingerprint density at radius 1 is 0.815 bits per heavy atom. The van der Waals surface area contributed by atoms with E-state index in [-0.39, 0.29) is 0 Å². The van der Waals surface area contributed by atoms with Crippen molar-refractivity contribution in [3.05, 3.63) is 41.5 Å². The fourth-order valence-corrected chi connectivity index (χ4v) is 5.00. The number of ether oxygens (including phenoxy) is 3. The molecule has 3 aromatic rings. The zero-order valence-corrected chi connectivity index (χ0v) is 16.2. The van der Waals surface area contributed by atoms with Crippen LogP contribution in [0.5, 0.6) is 17.2 Å². The molecule has 1 saturated heterocycles. The lowest BCUT2D eigenvalue weighted by Crippen LogP contribution is -2.35. The van der Waals surface area contributed by atoms with Gasteiger partial charge in [0.15, 0.2) is 11.5 Å². The SMILES string of the molecule is COc1ccc2c3c(c4cc(OC)c(OC)cc4c2c1)CN1CCC[C@H]1C3. The van der Waals surface area contributed by atoms with Gasteiger partial charge in [-0.15, -0.1) is 0 Å². The summed E-state index contributed by atoms with van der Waals surface area (Å²) in [5.74, 6) is 2.44. The molecule has 0 N–H and O–H groups in total.